The second kappa shape index (κ2) is 6.09. The topological polar surface area (TPSA) is 73.5 Å². The van der Waals surface area contributed by atoms with Crippen LogP contribution in [0.5, 0.6) is 0 Å². The first-order valence-electron chi connectivity index (χ1n) is 8.01. The first-order chi connectivity index (χ1) is 11.7. The minimum Gasteiger partial charge on any atom is -0.372 e. The first-order valence-corrected chi connectivity index (χ1v) is 8.01. The van der Waals surface area contributed by atoms with Crippen molar-refractivity contribution in [3.63, 3.8) is 0 Å². The predicted octanol–water partition coefficient (Wildman–Crippen LogP) is 1.72. The van der Waals surface area contributed by atoms with Gasteiger partial charge in [-0.2, -0.15) is 0 Å². The molecule has 24 heavy (non-hydrogen) atoms. The number of carbonyl (C=O) groups excluding carboxylic acids is 1. The van der Waals surface area contributed by atoms with Crippen molar-refractivity contribution in [2.75, 3.05) is 6.61 Å². The van der Waals surface area contributed by atoms with Crippen molar-refractivity contribution in [2.24, 2.45) is 7.05 Å². The van der Waals surface area contributed by atoms with E-state index in [1.807, 2.05) is 40.5 Å². The molecule has 3 aromatic heterocycles. The molecule has 1 aliphatic rings. The Kier molecular flexibility index (Phi) is 3.78. The summed E-state index contributed by atoms with van der Waals surface area (Å²) >= 11 is 0. The quantitative estimate of drug-likeness (QED) is 0.796. The highest BCUT2D eigenvalue weighted by Crippen LogP contribution is 2.27. The molecule has 0 saturated carbocycles. The molecule has 1 amide bonds. The molecule has 7 nitrogen and oxygen atoms in total. The number of hydrogen-bond donors (Lipinski definition) is 1. The standard InChI is InChI=1S/C17H19N5O2/c1-21-10-19-9-15(21)16-7-13(3-5-24-16)20-17(23)12-2-4-22-11-18-8-14(22)6-12/h2,4,6,8-11,13,16H,3,5,7H2,1H3,(H,20,23). The monoisotopic (exact) mass is 325 g/mol. The Morgan fingerprint density at radius 3 is 3.04 bits per heavy atom. The summed E-state index contributed by atoms with van der Waals surface area (Å²) in [5, 5.41) is 3.13. The highest BCUT2D eigenvalue weighted by molar-refractivity contribution is 5.95. The lowest BCUT2D eigenvalue weighted by molar-refractivity contribution is -0.00301. The summed E-state index contributed by atoms with van der Waals surface area (Å²) in [5.41, 5.74) is 2.59. The number of amides is 1. The van der Waals surface area contributed by atoms with Crippen molar-refractivity contribution in [2.45, 2.75) is 25.0 Å². The predicted molar refractivity (Wildman–Crippen MR) is 87.6 cm³/mol. The van der Waals surface area contributed by atoms with Crippen molar-refractivity contribution in [3.8, 4) is 0 Å². The van der Waals surface area contributed by atoms with E-state index in [4.69, 9.17) is 4.74 Å². The molecule has 1 saturated heterocycles. The number of imidazole rings is 2. The lowest BCUT2D eigenvalue weighted by Crippen LogP contribution is -2.40. The van der Waals surface area contributed by atoms with Gasteiger partial charge in [0.25, 0.3) is 5.91 Å². The average Bonchev–Trinajstić information content (AvgIpc) is 3.22. The van der Waals surface area contributed by atoms with Crippen molar-refractivity contribution < 1.29 is 9.53 Å². The largest absolute Gasteiger partial charge is 0.372 e. The third-order valence-electron chi connectivity index (χ3n) is 4.48. The van der Waals surface area contributed by atoms with Crippen molar-refractivity contribution in [3.05, 3.63) is 54.6 Å². The summed E-state index contributed by atoms with van der Waals surface area (Å²) in [5.74, 6) is -0.0608. The van der Waals surface area contributed by atoms with Crippen LogP contribution in [0.3, 0.4) is 0 Å². The zero-order valence-electron chi connectivity index (χ0n) is 13.4. The van der Waals surface area contributed by atoms with Gasteiger partial charge in [-0.25, -0.2) is 9.97 Å². The molecule has 1 N–H and O–H groups in total. The fraction of sp³-hybridized carbons (Fsp3) is 0.353. The number of ether oxygens (including phenoxy) is 1. The van der Waals surface area contributed by atoms with E-state index in [-0.39, 0.29) is 18.1 Å². The molecular weight excluding hydrogens is 306 g/mol. The van der Waals surface area contributed by atoms with Gasteiger partial charge in [0.05, 0.1) is 36.3 Å². The highest BCUT2D eigenvalue weighted by Gasteiger charge is 2.27. The van der Waals surface area contributed by atoms with Crippen LogP contribution in [-0.2, 0) is 11.8 Å². The second-order valence-corrected chi connectivity index (χ2v) is 6.12. The molecule has 3 aromatic rings. The molecular formula is C17H19N5O2. The molecule has 4 rings (SSSR count). The van der Waals surface area contributed by atoms with Gasteiger partial charge in [0.15, 0.2) is 0 Å². The van der Waals surface area contributed by atoms with Gasteiger partial charge < -0.3 is 19.0 Å². The summed E-state index contributed by atoms with van der Waals surface area (Å²) in [4.78, 5) is 20.8. The van der Waals surface area contributed by atoms with Crippen LogP contribution in [0, 0.1) is 0 Å². The van der Waals surface area contributed by atoms with E-state index in [1.165, 1.54) is 0 Å². The Balaban J connectivity index is 1.46. The molecule has 2 atom stereocenters. The molecule has 4 heterocycles. The molecule has 124 valence electrons. The summed E-state index contributed by atoms with van der Waals surface area (Å²) in [6.07, 6.45) is 10.4. The third-order valence-corrected chi connectivity index (χ3v) is 4.48. The van der Waals surface area contributed by atoms with E-state index in [2.05, 4.69) is 15.3 Å². The molecule has 1 aliphatic heterocycles. The van der Waals surface area contributed by atoms with Gasteiger partial charge in [-0.15, -0.1) is 0 Å². The van der Waals surface area contributed by atoms with E-state index >= 15 is 0 Å². The van der Waals surface area contributed by atoms with Gasteiger partial charge >= 0.3 is 0 Å². The van der Waals surface area contributed by atoms with Crippen LogP contribution in [-0.4, -0.2) is 37.5 Å². The van der Waals surface area contributed by atoms with Crippen LogP contribution >= 0.6 is 0 Å². The number of aryl methyl sites for hydroxylation is 1. The van der Waals surface area contributed by atoms with Crippen LogP contribution < -0.4 is 5.32 Å². The van der Waals surface area contributed by atoms with Crippen LogP contribution in [0.2, 0.25) is 0 Å². The van der Waals surface area contributed by atoms with Gasteiger partial charge in [0.2, 0.25) is 0 Å². The van der Waals surface area contributed by atoms with E-state index in [1.54, 1.807) is 18.9 Å². The SMILES string of the molecule is Cn1cncc1C1CC(NC(=O)c2ccn3cncc3c2)CCO1. The van der Waals surface area contributed by atoms with Gasteiger partial charge in [0.1, 0.15) is 6.10 Å². The maximum Gasteiger partial charge on any atom is 0.251 e. The first kappa shape index (κ1) is 14.9. The van der Waals surface area contributed by atoms with E-state index in [0.717, 1.165) is 24.1 Å². The molecule has 0 aromatic carbocycles. The van der Waals surface area contributed by atoms with Gasteiger partial charge in [-0.3, -0.25) is 4.79 Å². The maximum absolute atomic E-state index is 12.5. The number of aromatic nitrogens is 4. The van der Waals surface area contributed by atoms with Crippen molar-refractivity contribution in [1.29, 1.82) is 0 Å². The van der Waals surface area contributed by atoms with E-state index in [9.17, 15) is 4.79 Å². The van der Waals surface area contributed by atoms with E-state index in [0.29, 0.717) is 12.2 Å². The summed E-state index contributed by atoms with van der Waals surface area (Å²) < 4.78 is 9.68. The molecule has 1 fully saturated rings. The van der Waals surface area contributed by atoms with Crippen LogP contribution in [0.25, 0.3) is 5.52 Å². The number of carbonyl (C=O) groups is 1. The second-order valence-electron chi connectivity index (χ2n) is 6.12. The van der Waals surface area contributed by atoms with Gasteiger partial charge in [0, 0.05) is 31.5 Å². The highest BCUT2D eigenvalue weighted by atomic mass is 16.5. The zero-order chi connectivity index (χ0) is 16.5. The number of rotatable bonds is 3. The summed E-state index contributed by atoms with van der Waals surface area (Å²) in [6, 6.07) is 3.75. The number of pyridine rings is 1. The molecule has 2 unspecified atom stereocenters. The number of nitrogens with zero attached hydrogens (tertiary/aromatic N) is 4. The fourth-order valence-corrected chi connectivity index (χ4v) is 3.14. The lowest BCUT2D eigenvalue weighted by atomic mass is 10.0. The molecule has 0 bridgehead atoms. The van der Waals surface area contributed by atoms with Crippen LogP contribution in [0.15, 0.2) is 43.4 Å². The van der Waals surface area contributed by atoms with Gasteiger partial charge in [-0.05, 0) is 25.0 Å². The number of fused-ring (bicyclic) bond motifs is 1. The Bertz CT molecular complexity index is 869. The van der Waals surface area contributed by atoms with E-state index < -0.39 is 0 Å². The van der Waals surface area contributed by atoms with Gasteiger partial charge in [-0.1, -0.05) is 0 Å². The average molecular weight is 325 g/mol. The maximum atomic E-state index is 12.5. The zero-order valence-corrected chi connectivity index (χ0v) is 13.4. The smallest absolute Gasteiger partial charge is 0.251 e. The van der Waals surface area contributed by atoms with Crippen molar-refractivity contribution >= 4 is 11.4 Å². The normalized spacial score (nSPS) is 21.0. The number of hydrogen-bond acceptors (Lipinski definition) is 4. The molecule has 0 radical (unpaired) electrons. The minimum atomic E-state index is -0.0608. The number of nitrogens with one attached hydrogen (secondary N) is 1. The Morgan fingerprint density at radius 1 is 1.33 bits per heavy atom. The molecule has 7 heteroatoms. The third kappa shape index (κ3) is 2.78. The van der Waals surface area contributed by atoms with Crippen LogP contribution in [0.1, 0.15) is 35.0 Å². The fourth-order valence-electron chi connectivity index (χ4n) is 3.14. The molecule has 0 spiro atoms. The van der Waals surface area contributed by atoms with Crippen molar-refractivity contribution in [1.82, 2.24) is 24.3 Å². The summed E-state index contributed by atoms with van der Waals surface area (Å²) in [7, 11) is 1.95. The lowest BCUT2D eigenvalue weighted by Gasteiger charge is -2.30. The Hall–Kier alpha value is -2.67. The minimum absolute atomic E-state index is 0.0335. The Labute approximate surface area is 139 Å². The Morgan fingerprint density at radius 2 is 2.21 bits per heavy atom. The summed E-state index contributed by atoms with van der Waals surface area (Å²) in [6.45, 7) is 0.627. The van der Waals surface area contributed by atoms with Crippen LogP contribution in [0.4, 0.5) is 0 Å². The molecule has 0 aliphatic carbocycles.